The zero-order valence-corrected chi connectivity index (χ0v) is 9.57. The minimum absolute atomic E-state index is 0.0504. The van der Waals surface area contributed by atoms with E-state index in [4.69, 9.17) is 0 Å². The maximum absolute atomic E-state index is 11.1. The molecule has 0 spiro atoms. The maximum Gasteiger partial charge on any atom is 0.349 e. The molecule has 5 heteroatoms. The fourth-order valence-corrected chi connectivity index (χ4v) is 1.79. The third-order valence-corrected chi connectivity index (χ3v) is 2.27. The van der Waals surface area contributed by atoms with Crippen molar-refractivity contribution in [1.29, 1.82) is 0 Å². The topological polar surface area (TPSA) is 51.2 Å². The van der Waals surface area contributed by atoms with Gasteiger partial charge in [0, 0.05) is 5.54 Å². The number of esters is 1. The molecule has 0 radical (unpaired) electrons. The van der Waals surface area contributed by atoms with Crippen molar-refractivity contribution in [3.8, 4) is 0 Å². The highest BCUT2D eigenvalue weighted by molar-refractivity contribution is 7.17. The van der Waals surface area contributed by atoms with Crippen LogP contribution in [-0.2, 0) is 4.74 Å². The number of carbonyl (C=O) groups excluding carboxylic acids is 1. The summed E-state index contributed by atoms with van der Waals surface area (Å²) < 4.78 is 4.58. The third-order valence-electron chi connectivity index (χ3n) is 1.37. The highest BCUT2D eigenvalue weighted by Crippen LogP contribution is 2.21. The lowest BCUT2D eigenvalue weighted by Gasteiger charge is -2.19. The summed E-state index contributed by atoms with van der Waals surface area (Å²) in [4.78, 5) is 15.7. The van der Waals surface area contributed by atoms with Crippen LogP contribution in [0.2, 0.25) is 0 Å². The summed E-state index contributed by atoms with van der Waals surface area (Å²) in [5.41, 5.74) is -0.0504. The van der Waals surface area contributed by atoms with Crippen LogP contribution >= 0.6 is 11.3 Å². The molecule has 0 saturated heterocycles. The summed E-state index contributed by atoms with van der Waals surface area (Å²) in [5.74, 6) is -0.343. The van der Waals surface area contributed by atoms with E-state index in [1.165, 1.54) is 24.6 Å². The van der Waals surface area contributed by atoms with Gasteiger partial charge in [-0.15, -0.1) is 0 Å². The van der Waals surface area contributed by atoms with E-state index in [2.05, 4.69) is 15.0 Å². The van der Waals surface area contributed by atoms with Crippen molar-refractivity contribution in [1.82, 2.24) is 4.98 Å². The number of ether oxygens (including phenoxy) is 1. The number of nitrogens with one attached hydrogen (secondary N) is 1. The Morgan fingerprint density at radius 1 is 1.57 bits per heavy atom. The minimum atomic E-state index is -0.343. The van der Waals surface area contributed by atoms with E-state index in [9.17, 15) is 4.79 Å². The molecule has 1 heterocycles. The Balaban J connectivity index is 2.74. The second kappa shape index (κ2) is 3.96. The van der Waals surface area contributed by atoms with E-state index in [0.29, 0.717) is 4.88 Å². The van der Waals surface area contributed by atoms with Crippen LogP contribution in [0, 0.1) is 0 Å². The molecule has 1 N–H and O–H groups in total. The normalized spacial score (nSPS) is 11.1. The molecule has 1 aromatic rings. The fourth-order valence-electron chi connectivity index (χ4n) is 0.848. The lowest BCUT2D eigenvalue weighted by Crippen LogP contribution is -2.25. The number of carbonyl (C=O) groups is 1. The van der Waals surface area contributed by atoms with Crippen LogP contribution in [0.4, 0.5) is 5.13 Å². The molecular weight excluding hydrogens is 200 g/mol. The van der Waals surface area contributed by atoms with Gasteiger partial charge in [-0.05, 0) is 20.8 Å². The van der Waals surface area contributed by atoms with E-state index in [0.717, 1.165) is 5.13 Å². The fraction of sp³-hybridized carbons (Fsp3) is 0.556. The van der Waals surface area contributed by atoms with Gasteiger partial charge in [0.25, 0.3) is 0 Å². The molecule has 0 amide bonds. The number of hydrogen-bond acceptors (Lipinski definition) is 5. The summed E-state index contributed by atoms with van der Waals surface area (Å²) >= 11 is 1.30. The zero-order valence-electron chi connectivity index (χ0n) is 8.75. The van der Waals surface area contributed by atoms with Gasteiger partial charge >= 0.3 is 5.97 Å². The lowest BCUT2D eigenvalue weighted by atomic mass is 10.1. The van der Waals surface area contributed by atoms with E-state index < -0.39 is 0 Å². The second-order valence-corrected chi connectivity index (χ2v) is 4.93. The molecule has 0 aliphatic rings. The zero-order chi connectivity index (χ0) is 10.8. The van der Waals surface area contributed by atoms with E-state index in [1.54, 1.807) is 0 Å². The second-order valence-electron chi connectivity index (χ2n) is 3.90. The molecule has 14 heavy (non-hydrogen) atoms. The Hall–Kier alpha value is -1.10. The summed E-state index contributed by atoms with van der Waals surface area (Å²) in [6, 6.07) is 0. The van der Waals surface area contributed by atoms with Gasteiger partial charge in [0.1, 0.15) is 4.88 Å². The summed E-state index contributed by atoms with van der Waals surface area (Å²) in [7, 11) is 1.36. The van der Waals surface area contributed by atoms with Gasteiger partial charge in [-0.3, -0.25) is 0 Å². The molecule has 0 saturated carbocycles. The van der Waals surface area contributed by atoms with Crippen molar-refractivity contribution in [2.24, 2.45) is 0 Å². The minimum Gasteiger partial charge on any atom is -0.465 e. The molecular formula is C9H14N2O2S. The highest BCUT2D eigenvalue weighted by Gasteiger charge is 2.14. The van der Waals surface area contributed by atoms with E-state index in [-0.39, 0.29) is 11.5 Å². The molecule has 0 aliphatic carbocycles. The third kappa shape index (κ3) is 2.99. The van der Waals surface area contributed by atoms with Crippen molar-refractivity contribution in [3.63, 3.8) is 0 Å². The summed E-state index contributed by atoms with van der Waals surface area (Å²) in [5, 5.41) is 3.91. The Labute approximate surface area is 87.3 Å². The van der Waals surface area contributed by atoms with E-state index in [1.807, 2.05) is 20.8 Å². The van der Waals surface area contributed by atoms with Crippen LogP contribution in [0.5, 0.6) is 0 Å². The number of aromatic nitrogens is 1. The summed E-state index contributed by atoms with van der Waals surface area (Å²) in [6.07, 6.45) is 1.52. The Morgan fingerprint density at radius 3 is 2.71 bits per heavy atom. The molecule has 0 aliphatic heterocycles. The molecule has 0 atom stereocenters. The Bertz CT molecular complexity index is 328. The van der Waals surface area contributed by atoms with Gasteiger partial charge in [-0.1, -0.05) is 11.3 Å². The molecule has 1 aromatic heterocycles. The van der Waals surface area contributed by atoms with Gasteiger partial charge in [-0.25, -0.2) is 9.78 Å². The summed E-state index contributed by atoms with van der Waals surface area (Å²) in [6.45, 7) is 6.10. The number of thiazole rings is 1. The van der Waals surface area contributed by atoms with Crippen LogP contribution in [0.1, 0.15) is 30.4 Å². The predicted molar refractivity (Wildman–Crippen MR) is 56.8 cm³/mol. The van der Waals surface area contributed by atoms with Crippen molar-refractivity contribution in [2.45, 2.75) is 26.3 Å². The maximum atomic E-state index is 11.1. The van der Waals surface area contributed by atoms with Gasteiger partial charge in [0.05, 0.1) is 13.3 Å². The smallest absolute Gasteiger partial charge is 0.349 e. The van der Waals surface area contributed by atoms with Crippen LogP contribution in [0.25, 0.3) is 0 Å². The average molecular weight is 214 g/mol. The van der Waals surface area contributed by atoms with Crippen molar-refractivity contribution in [3.05, 3.63) is 11.1 Å². The Morgan fingerprint density at radius 2 is 2.21 bits per heavy atom. The largest absolute Gasteiger partial charge is 0.465 e. The molecule has 78 valence electrons. The highest BCUT2D eigenvalue weighted by atomic mass is 32.1. The number of anilines is 1. The lowest BCUT2D eigenvalue weighted by molar-refractivity contribution is 0.0606. The number of nitrogens with zero attached hydrogens (tertiary/aromatic N) is 1. The van der Waals surface area contributed by atoms with E-state index >= 15 is 0 Å². The number of methoxy groups -OCH3 is 1. The molecule has 4 nitrogen and oxygen atoms in total. The first-order valence-electron chi connectivity index (χ1n) is 4.25. The molecule has 0 aromatic carbocycles. The van der Waals surface area contributed by atoms with Crippen molar-refractivity contribution in [2.75, 3.05) is 12.4 Å². The van der Waals surface area contributed by atoms with Crippen LogP contribution in [0.15, 0.2) is 6.20 Å². The monoisotopic (exact) mass is 214 g/mol. The predicted octanol–water partition coefficient (Wildman–Crippen LogP) is 2.14. The van der Waals surface area contributed by atoms with Gasteiger partial charge in [0.2, 0.25) is 0 Å². The van der Waals surface area contributed by atoms with Crippen molar-refractivity contribution >= 4 is 22.4 Å². The van der Waals surface area contributed by atoms with Crippen LogP contribution in [0.3, 0.4) is 0 Å². The number of rotatable bonds is 2. The number of hydrogen-bond donors (Lipinski definition) is 1. The van der Waals surface area contributed by atoms with Gasteiger partial charge in [-0.2, -0.15) is 0 Å². The molecule has 0 unspecified atom stereocenters. The molecule has 1 rings (SSSR count). The molecule has 0 fully saturated rings. The average Bonchev–Trinajstić information content (AvgIpc) is 2.48. The quantitative estimate of drug-likeness (QED) is 0.766. The van der Waals surface area contributed by atoms with Gasteiger partial charge < -0.3 is 10.1 Å². The molecule has 0 bridgehead atoms. The first-order valence-corrected chi connectivity index (χ1v) is 5.06. The standard InChI is InChI=1S/C9H14N2O2S/c1-9(2,3)11-8-10-5-6(14-8)7(12)13-4/h5H,1-4H3,(H,10,11). The van der Waals surface area contributed by atoms with Crippen LogP contribution in [-0.4, -0.2) is 23.6 Å². The first-order chi connectivity index (χ1) is 6.42. The van der Waals surface area contributed by atoms with Crippen LogP contribution < -0.4 is 5.32 Å². The Kier molecular flexibility index (Phi) is 3.10. The van der Waals surface area contributed by atoms with Crippen molar-refractivity contribution < 1.29 is 9.53 Å². The van der Waals surface area contributed by atoms with Gasteiger partial charge in [0.15, 0.2) is 5.13 Å². The first kappa shape index (κ1) is 11.0. The SMILES string of the molecule is COC(=O)c1cnc(NC(C)(C)C)s1.